The van der Waals surface area contributed by atoms with Crippen molar-refractivity contribution in [1.82, 2.24) is 4.31 Å². The molecule has 1 aromatic carbocycles. The molecule has 0 amide bonds. The molecular formula is C12H11F2NO4S. The van der Waals surface area contributed by atoms with Crippen molar-refractivity contribution in [1.29, 1.82) is 0 Å². The third-order valence-corrected chi connectivity index (χ3v) is 5.71. The Hall–Kier alpha value is -1.54. The zero-order chi connectivity index (χ0) is 14.7. The largest absolute Gasteiger partial charge is 0.478 e. The Kier molecular flexibility index (Phi) is 2.68. The average molecular weight is 303 g/mol. The zero-order valence-electron chi connectivity index (χ0n) is 10.2. The summed E-state index contributed by atoms with van der Waals surface area (Å²) in [6.45, 7) is -0.422. The second-order valence-corrected chi connectivity index (χ2v) is 6.98. The van der Waals surface area contributed by atoms with E-state index in [2.05, 4.69) is 0 Å². The van der Waals surface area contributed by atoms with Crippen molar-refractivity contribution in [2.75, 3.05) is 13.1 Å². The highest BCUT2D eigenvalue weighted by atomic mass is 32.2. The van der Waals surface area contributed by atoms with Crippen molar-refractivity contribution < 1.29 is 27.1 Å². The Bertz CT molecular complexity index is 674. The quantitative estimate of drug-likeness (QED) is 0.912. The molecule has 8 heteroatoms. The van der Waals surface area contributed by atoms with Gasteiger partial charge < -0.3 is 5.11 Å². The number of aromatic carboxylic acids is 1. The van der Waals surface area contributed by atoms with Gasteiger partial charge in [-0.15, -0.1) is 0 Å². The molecule has 0 bridgehead atoms. The van der Waals surface area contributed by atoms with Gasteiger partial charge in [-0.25, -0.2) is 22.0 Å². The molecule has 20 heavy (non-hydrogen) atoms. The normalized spacial score (nSPS) is 28.1. The summed E-state index contributed by atoms with van der Waals surface area (Å²) in [5.74, 6) is -5.80. The van der Waals surface area contributed by atoms with Crippen molar-refractivity contribution in [3.05, 3.63) is 29.8 Å². The maximum absolute atomic E-state index is 13.1. The fraction of sp³-hybridized carbons (Fsp3) is 0.417. The Morgan fingerprint density at radius 3 is 2.45 bits per heavy atom. The van der Waals surface area contributed by atoms with Crippen LogP contribution in [0.3, 0.4) is 0 Å². The molecule has 1 aromatic rings. The van der Waals surface area contributed by atoms with Crippen LogP contribution < -0.4 is 0 Å². The third-order valence-electron chi connectivity index (χ3n) is 3.88. The molecule has 0 spiro atoms. The molecule has 1 aliphatic carbocycles. The number of piperidine rings is 1. The molecule has 108 valence electrons. The van der Waals surface area contributed by atoms with E-state index in [0.717, 1.165) is 10.4 Å². The highest BCUT2D eigenvalue weighted by Gasteiger charge is 2.72. The second-order valence-electron chi connectivity index (χ2n) is 5.04. The van der Waals surface area contributed by atoms with Crippen LogP contribution in [0.15, 0.2) is 29.2 Å². The summed E-state index contributed by atoms with van der Waals surface area (Å²) in [5, 5.41) is 8.85. The Labute approximate surface area is 113 Å². The van der Waals surface area contributed by atoms with Crippen molar-refractivity contribution in [3.63, 3.8) is 0 Å². The van der Waals surface area contributed by atoms with Crippen LogP contribution in [0, 0.1) is 11.8 Å². The number of fused-ring (bicyclic) bond motifs is 1. The number of benzene rings is 1. The van der Waals surface area contributed by atoms with Gasteiger partial charge in [-0.3, -0.25) is 0 Å². The molecule has 1 N–H and O–H groups in total. The molecule has 2 unspecified atom stereocenters. The lowest BCUT2D eigenvalue weighted by Crippen LogP contribution is -2.33. The Morgan fingerprint density at radius 1 is 1.30 bits per heavy atom. The van der Waals surface area contributed by atoms with E-state index in [9.17, 15) is 22.0 Å². The number of sulfonamides is 1. The monoisotopic (exact) mass is 303 g/mol. The number of nitrogens with zero attached hydrogens (tertiary/aromatic N) is 1. The summed E-state index contributed by atoms with van der Waals surface area (Å²) in [6, 6.07) is 4.91. The van der Waals surface area contributed by atoms with Crippen LogP contribution >= 0.6 is 0 Å². The van der Waals surface area contributed by atoms with E-state index in [-0.39, 0.29) is 23.5 Å². The lowest BCUT2D eigenvalue weighted by Gasteiger charge is -2.19. The predicted octanol–water partition coefficient (Wildman–Crippen LogP) is 1.27. The molecule has 0 radical (unpaired) electrons. The number of alkyl halides is 2. The van der Waals surface area contributed by atoms with Gasteiger partial charge in [0.2, 0.25) is 10.0 Å². The summed E-state index contributed by atoms with van der Waals surface area (Å²) >= 11 is 0. The van der Waals surface area contributed by atoms with E-state index < -0.39 is 33.8 Å². The van der Waals surface area contributed by atoms with E-state index in [0.29, 0.717) is 0 Å². The van der Waals surface area contributed by atoms with Crippen LogP contribution in [0.5, 0.6) is 0 Å². The van der Waals surface area contributed by atoms with Gasteiger partial charge in [0.25, 0.3) is 5.92 Å². The van der Waals surface area contributed by atoms with Gasteiger partial charge in [-0.1, -0.05) is 6.07 Å². The number of carboxylic acids is 1. The van der Waals surface area contributed by atoms with Gasteiger partial charge in [0.1, 0.15) is 0 Å². The van der Waals surface area contributed by atoms with Crippen LogP contribution in [-0.2, 0) is 10.0 Å². The summed E-state index contributed by atoms with van der Waals surface area (Å²) < 4.78 is 51.7. The van der Waals surface area contributed by atoms with E-state index in [4.69, 9.17) is 5.11 Å². The van der Waals surface area contributed by atoms with Gasteiger partial charge in [0.05, 0.1) is 10.5 Å². The SMILES string of the molecule is O=C(O)c1cccc(S(=O)(=O)N2CC3C(C2)C3(F)F)c1. The highest BCUT2D eigenvalue weighted by molar-refractivity contribution is 7.89. The van der Waals surface area contributed by atoms with Crippen molar-refractivity contribution >= 4 is 16.0 Å². The van der Waals surface area contributed by atoms with Crippen molar-refractivity contribution in [2.24, 2.45) is 11.8 Å². The molecule has 2 fully saturated rings. The number of carboxylic acid groups (broad SMARTS) is 1. The van der Waals surface area contributed by atoms with E-state index >= 15 is 0 Å². The lowest BCUT2D eigenvalue weighted by atomic mass is 10.2. The van der Waals surface area contributed by atoms with Gasteiger partial charge in [0, 0.05) is 24.9 Å². The van der Waals surface area contributed by atoms with Crippen LogP contribution in [0.4, 0.5) is 8.78 Å². The molecular weight excluding hydrogens is 292 g/mol. The van der Waals surface area contributed by atoms with Gasteiger partial charge >= 0.3 is 5.97 Å². The smallest absolute Gasteiger partial charge is 0.335 e. The van der Waals surface area contributed by atoms with Crippen LogP contribution in [0.2, 0.25) is 0 Å². The molecule has 0 aromatic heterocycles. The molecule has 1 saturated heterocycles. The van der Waals surface area contributed by atoms with E-state index in [1.54, 1.807) is 0 Å². The standard InChI is InChI=1S/C12H11F2NO4S/c13-12(14)9-5-15(6-10(9)12)20(18,19)8-3-1-2-7(4-8)11(16)17/h1-4,9-10H,5-6H2,(H,16,17). The first-order valence-electron chi connectivity index (χ1n) is 5.96. The van der Waals surface area contributed by atoms with Crippen LogP contribution in [0.1, 0.15) is 10.4 Å². The predicted molar refractivity (Wildman–Crippen MR) is 64.1 cm³/mol. The molecule has 1 aliphatic heterocycles. The maximum atomic E-state index is 13.1. The summed E-state index contributed by atoms with van der Waals surface area (Å²) in [7, 11) is -3.91. The maximum Gasteiger partial charge on any atom is 0.335 e. The topological polar surface area (TPSA) is 74.7 Å². The molecule has 5 nitrogen and oxygen atoms in total. The van der Waals surface area contributed by atoms with Gasteiger partial charge in [-0.05, 0) is 18.2 Å². The van der Waals surface area contributed by atoms with Gasteiger partial charge in [-0.2, -0.15) is 4.31 Å². The lowest BCUT2D eigenvalue weighted by molar-refractivity contribution is 0.0660. The molecule has 2 aliphatic rings. The Balaban J connectivity index is 1.87. The minimum atomic E-state index is -3.91. The summed E-state index contributed by atoms with van der Waals surface area (Å²) in [5.41, 5.74) is -0.152. The summed E-state index contributed by atoms with van der Waals surface area (Å²) in [6.07, 6.45) is 0. The van der Waals surface area contributed by atoms with Crippen molar-refractivity contribution in [2.45, 2.75) is 10.8 Å². The first kappa shape index (κ1) is 13.4. The zero-order valence-corrected chi connectivity index (χ0v) is 11.0. The highest BCUT2D eigenvalue weighted by Crippen LogP contribution is 2.59. The Morgan fingerprint density at radius 2 is 1.90 bits per heavy atom. The van der Waals surface area contributed by atoms with Gasteiger partial charge in [0.15, 0.2) is 0 Å². The number of hydrogen-bond donors (Lipinski definition) is 1. The third kappa shape index (κ3) is 1.82. The van der Waals surface area contributed by atoms with Crippen LogP contribution in [0.25, 0.3) is 0 Å². The molecule has 3 rings (SSSR count). The number of rotatable bonds is 3. The molecule has 2 atom stereocenters. The minimum absolute atomic E-state index is 0.152. The average Bonchev–Trinajstić information content (AvgIpc) is 2.80. The molecule has 1 saturated carbocycles. The second kappa shape index (κ2) is 3.98. The fourth-order valence-electron chi connectivity index (χ4n) is 2.61. The van der Waals surface area contributed by atoms with E-state index in [1.807, 2.05) is 0 Å². The minimum Gasteiger partial charge on any atom is -0.478 e. The number of carbonyl (C=O) groups is 1. The number of halogens is 2. The fourth-order valence-corrected chi connectivity index (χ4v) is 4.14. The summed E-state index contributed by atoms with van der Waals surface area (Å²) in [4.78, 5) is 10.7. The van der Waals surface area contributed by atoms with E-state index in [1.165, 1.54) is 18.2 Å². The first-order chi connectivity index (χ1) is 9.24. The van der Waals surface area contributed by atoms with Crippen LogP contribution in [-0.4, -0.2) is 42.8 Å². The number of hydrogen-bond acceptors (Lipinski definition) is 3. The van der Waals surface area contributed by atoms with Crippen molar-refractivity contribution in [3.8, 4) is 0 Å². The first-order valence-corrected chi connectivity index (χ1v) is 7.40. The molecule has 1 heterocycles.